The van der Waals surface area contributed by atoms with Crippen molar-refractivity contribution < 1.29 is 9.32 Å². The van der Waals surface area contributed by atoms with Gasteiger partial charge in [-0.05, 0) is 44.4 Å². The highest BCUT2D eigenvalue weighted by Gasteiger charge is 2.26. The summed E-state index contributed by atoms with van der Waals surface area (Å²) in [6, 6.07) is 16.6. The molecule has 3 aromatic rings. The van der Waals surface area contributed by atoms with Crippen LogP contribution in [0, 0.1) is 19.8 Å². The lowest BCUT2D eigenvalue weighted by atomic mass is 9.97. The first-order valence-electron chi connectivity index (χ1n) is 11.6. The molecule has 4 rings (SSSR count). The maximum atomic E-state index is 12.7. The number of carbonyl (C=O) groups is 1. The maximum absolute atomic E-state index is 12.7. The van der Waals surface area contributed by atoms with E-state index in [2.05, 4.69) is 58.5 Å². The van der Waals surface area contributed by atoms with E-state index < -0.39 is 0 Å². The highest BCUT2D eigenvalue weighted by atomic mass is 32.2. The predicted octanol–water partition coefficient (Wildman–Crippen LogP) is 4.62. The van der Waals surface area contributed by atoms with Crippen LogP contribution >= 0.6 is 11.8 Å². The third-order valence-electron chi connectivity index (χ3n) is 6.08. The molecule has 33 heavy (non-hydrogen) atoms. The zero-order chi connectivity index (χ0) is 23.0. The zero-order valence-electron chi connectivity index (χ0n) is 19.4. The van der Waals surface area contributed by atoms with Crippen LogP contribution in [-0.2, 0) is 17.1 Å². The largest absolute Gasteiger partial charge is 0.355 e. The van der Waals surface area contributed by atoms with Gasteiger partial charge in [0.05, 0.1) is 12.5 Å². The van der Waals surface area contributed by atoms with E-state index in [4.69, 9.17) is 4.52 Å². The third kappa shape index (κ3) is 6.68. The van der Waals surface area contributed by atoms with Crippen LogP contribution in [0.4, 0.5) is 0 Å². The number of benzene rings is 2. The molecule has 0 radical (unpaired) electrons. The number of carbonyl (C=O) groups excluding carboxylic acids is 1. The molecule has 1 N–H and O–H groups in total. The van der Waals surface area contributed by atoms with Gasteiger partial charge in [0.15, 0.2) is 0 Å². The second-order valence-electron chi connectivity index (χ2n) is 8.72. The van der Waals surface area contributed by atoms with E-state index in [1.807, 2.05) is 36.0 Å². The van der Waals surface area contributed by atoms with Crippen LogP contribution in [-0.4, -0.2) is 46.3 Å². The fourth-order valence-electron chi connectivity index (χ4n) is 4.09. The molecule has 1 fully saturated rings. The fourth-order valence-corrected chi connectivity index (χ4v) is 5.02. The van der Waals surface area contributed by atoms with E-state index in [9.17, 15) is 4.79 Å². The molecule has 174 valence electrons. The molecule has 2 aromatic carbocycles. The molecule has 1 aromatic heterocycles. The summed E-state index contributed by atoms with van der Waals surface area (Å²) < 4.78 is 5.48. The van der Waals surface area contributed by atoms with Crippen LogP contribution in [0.2, 0.25) is 0 Å². The van der Waals surface area contributed by atoms with Crippen molar-refractivity contribution in [2.24, 2.45) is 5.92 Å². The van der Waals surface area contributed by atoms with Gasteiger partial charge in [-0.25, -0.2) is 0 Å². The molecule has 1 unspecified atom stereocenters. The average Bonchev–Trinajstić information content (AvgIpc) is 3.29. The maximum Gasteiger partial charge on any atom is 0.241 e. The minimum Gasteiger partial charge on any atom is -0.355 e. The minimum atomic E-state index is 0.0135. The Labute approximate surface area is 200 Å². The van der Waals surface area contributed by atoms with E-state index in [1.54, 1.807) is 0 Å². The number of rotatable bonds is 9. The summed E-state index contributed by atoms with van der Waals surface area (Å²) >= 11 is 1.86. The van der Waals surface area contributed by atoms with Gasteiger partial charge in [0.1, 0.15) is 0 Å². The summed E-state index contributed by atoms with van der Waals surface area (Å²) in [5.41, 5.74) is 4.84. The summed E-state index contributed by atoms with van der Waals surface area (Å²) in [5.74, 6) is 3.27. The SMILES string of the molecule is Cc1ccc(-c2noc(CN3CCCC(C(=O)NCCSCc4ccccc4C)C3)n2)cc1. The number of aryl methyl sites for hydroxylation is 2. The highest BCUT2D eigenvalue weighted by Crippen LogP contribution is 2.21. The Morgan fingerprint density at radius 1 is 1.18 bits per heavy atom. The van der Waals surface area contributed by atoms with Crippen LogP contribution in [0.3, 0.4) is 0 Å². The second kappa shape index (κ2) is 11.5. The van der Waals surface area contributed by atoms with E-state index >= 15 is 0 Å². The zero-order valence-corrected chi connectivity index (χ0v) is 20.2. The summed E-state index contributed by atoms with van der Waals surface area (Å²) in [7, 11) is 0. The van der Waals surface area contributed by atoms with Crippen LogP contribution in [0.25, 0.3) is 11.4 Å². The molecule has 0 saturated carbocycles. The molecule has 2 heterocycles. The number of aromatic nitrogens is 2. The van der Waals surface area contributed by atoms with Crippen LogP contribution in [0.5, 0.6) is 0 Å². The van der Waals surface area contributed by atoms with Gasteiger partial charge >= 0.3 is 0 Å². The Morgan fingerprint density at radius 2 is 2.00 bits per heavy atom. The van der Waals surface area contributed by atoms with Crippen molar-refractivity contribution in [1.82, 2.24) is 20.4 Å². The summed E-state index contributed by atoms with van der Waals surface area (Å²) in [5, 5.41) is 7.26. The van der Waals surface area contributed by atoms with Crippen molar-refractivity contribution in [2.75, 3.05) is 25.4 Å². The smallest absolute Gasteiger partial charge is 0.241 e. The summed E-state index contributed by atoms with van der Waals surface area (Å²) in [6.45, 7) is 7.15. The van der Waals surface area contributed by atoms with Crippen molar-refractivity contribution in [1.29, 1.82) is 0 Å². The molecule has 0 aliphatic carbocycles. The van der Waals surface area contributed by atoms with E-state index in [0.29, 0.717) is 24.8 Å². The molecular formula is C26H32N4O2S. The van der Waals surface area contributed by atoms with Crippen molar-refractivity contribution in [3.8, 4) is 11.4 Å². The number of thioether (sulfide) groups is 1. The van der Waals surface area contributed by atoms with Gasteiger partial charge in [0, 0.05) is 30.2 Å². The van der Waals surface area contributed by atoms with Crippen molar-refractivity contribution >= 4 is 17.7 Å². The third-order valence-corrected chi connectivity index (χ3v) is 7.09. The first-order chi connectivity index (χ1) is 16.1. The molecule has 7 heteroatoms. The Kier molecular flexibility index (Phi) is 8.18. The van der Waals surface area contributed by atoms with Crippen molar-refractivity contribution in [3.05, 3.63) is 71.1 Å². The molecule has 1 amide bonds. The van der Waals surface area contributed by atoms with Crippen molar-refractivity contribution in [2.45, 2.75) is 39.0 Å². The van der Waals surface area contributed by atoms with Gasteiger partial charge in [-0.2, -0.15) is 16.7 Å². The molecule has 0 spiro atoms. The average molecular weight is 465 g/mol. The van der Waals surface area contributed by atoms with E-state index in [1.165, 1.54) is 16.7 Å². The summed E-state index contributed by atoms with van der Waals surface area (Å²) in [4.78, 5) is 19.5. The highest BCUT2D eigenvalue weighted by molar-refractivity contribution is 7.98. The van der Waals surface area contributed by atoms with Crippen LogP contribution < -0.4 is 5.32 Å². The molecule has 1 saturated heterocycles. The molecule has 1 aliphatic heterocycles. The number of piperidine rings is 1. The summed E-state index contributed by atoms with van der Waals surface area (Å²) in [6.07, 6.45) is 1.93. The van der Waals surface area contributed by atoms with Crippen molar-refractivity contribution in [3.63, 3.8) is 0 Å². The molecule has 6 nitrogen and oxygen atoms in total. The van der Waals surface area contributed by atoms with Crippen LogP contribution in [0.1, 0.15) is 35.4 Å². The van der Waals surface area contributed by atoms with Gasteiger partial charge in [0.25, 0.3) is 0 Å². The number of nitrogens with one attached hydrogen (secondary N) is 1. The lowest BCUT2D eigenvalue weighted by molar-refractivity contribution is -0.126. The molecular weight excluding hydrogens is 432 g/mol. The van der Waals surface area contributed by atoms with Gasteiger partial charge < -0.3 is 9.84 Å². The first kappa shape index (κ1) is 23.5. The molecule has 0 bridgehead atoms. The Hall–Kier alpha value is -2.64. The lowest BCUT2D eigenvalue weighted by Crippen LogP contribution is -2.43. The van der Waals surface area contributed by atoms with E-state index in [-0.39, 0.29) is 11.8 Å². The van der Waals surface area contributed by atoms with Gasteiger partial charge in [0.2, 0.25) is 17.6 Å². The van der Waals surface area contributed by atoms with Gasteiger partial charge in [-0.15, -0.1) is 0 Å². The number of likely N-dealkylation sites (tertiary alicyclic amines) is 1. The Balaban J connectivity index is 1.20. The topological polar surface area (TPSA) is 71.3 Å². The van der Waals surface area contributed by atoms with Gasteiger partial charge in [-0.3, -0.25) is 9.69 Å². The fraction of sp³-hybridized carbons (Fsp3) is 0.423. The number of amides is 1. The number of hydrogen-bond donors (Lipinski definition) is 1. The first-order valence-corrected chi connectivity index (χ1v) is 12.8. The molecule has 1 aliphatic rings. The predicted molar refractivity (Wildman–Crippen MR) is 133 cm³/mol. The lowest BCUT2D eigenvalue weighted by Gasteiger charge is -2.30. The van der Waals surface area contributed by atoms with Gasteiger partial charge in [-0.1, -0.05) is 59.3 Å². The van der Waals surface area contributed by atoms with Crippen LogP contribution in [0.15, 0.2) is 53.1 Å². The molecule has 1 atom stereocenters. The van der Waals surface area contributed by atoms with E-state index in [0.717, 1.165) is 43.0 Å². The second-order valence-corrected chi connectivity index (χ2v) is 9.83. The Bertz CT molecular complexity index is 1050. The normalized spacial score (nSPS) is 16.6. The number of nitrogens with zero attached hydrogens (tertiary/aromatic N) is 3. The number of hydrogen-bond acceptors (Lipinski definition) is 6. The standard InChI is InChI=1S/C26H32N4O2S/c1-19-9-11-21(12-10-19)25-28-24(32-29-25)17-30-14-5-8-22(16-30)26(31)27-13-15-33-18-23-7-4-3-6-20(23)2/h3-4,6-7,9-12,22H,5,8,13-18H2,1-2H3,(H,27,31). The quantitative estimate of drug-likeness (QED) is 0.466. The Morgan fingerprint density at radius 3 is 2.82 bits per heavy atom. The monoisotopic (exact) mass is 464 g/mol. The minimum absolute atomic E-state index is 0.0135.